The maximum atomic E-state index is 4.92. The van der Waals surface area contributed by atoms with Gasteiger partial charge in [-0.25, -0.2) is 0 Å². The van der Waals surface area contributed by atoms with E-state index in [4.69, 9.17) is 5.10 Å². The van der Waals surface area contributed by atoms with Crippen LogP contribution in [0.15, 0.2) is 6.07 Å². The highest BCUT2D eigenvalue weighted by atomic mass is 15.3. The summed E-state index contributed by atoms with van der Waals surface area (Å²) in [5.41, 5.74) is 2.99. The number of nitrogens with one attached hydrogen (secondary N) is 1. The van der Waals surface area contributed by atoms with E-state index in [1.807, 2.05) is 0 Å². The molecular weight excluding hydrogens is 258 g/mol. The maximum absolute atomic E-state index is 4.92. The van der Waals surface area contributed by atoms with Crippen LogP contribution < -0.4 is 5.32 Å². The lowest BCUT2D eigenvalue weighted by Crippen LogP contribution is -2.51. The Labute approximate surface area is 130 Å². The van der Waals surface area contributed by atoms with Crippen molar-refractivity contribution >= 4 is 0 Å². The zero-order valence-corrected chi connectivity index (χ0v) is 14.6. The van der Waals surface area contributed by atoms with Crippen LogP contribution in [0.1, 0.15) is 77.7 Å². The molecular formula is C18H33N3. The second-order valence-corrected chi connectivity index (χ2v) is 7.16. The molecule has 0 spiro atoms. The summed E-state index contributed by atoms with van der Waals surface area (Å²) in [6, 6.07) is 3.34. The van der Waals surface area contributed by atoms with Crippen LogP contribution in [0, 0.1) is 5.41 Å². The Kier molecular flexibility index (Phi) is 5.48. The van der Waals surface area contributed by atoms with Crippen LogP contribution >= 0.6 is 0 Å². The molecule has 1 aromatic rings. The van der Waals surface area contributed by atoms with Crippen molar-refractivity contribution in [3.05, 3.63) is 17.5 Å². The molecule has 1 saturated carbocycles. The van der Waals surface area contributed by atoms with Gasteiger partial charge in [-0.1, -0.05) is 41.0 Å². The van der Waals surface area contributed by atoms with Gasteiger partial charge in [0.15, 0.2) is 0 Å². The van der Waals surface area contributed by atoms with Crippen LogP contribution in [-0.4, -0.2) is 22.4 Å². The molecule has 1 aliphatic carbocycles. The van der Waals surface area contributed by atoms with Gasteiger partial charge < -0.3 is 5.32 Å². The molecule has 1 fully saturated rings. The average molecular weight is 291 g/mol. The van der Waals surface area contributed by atoms with Crippen molar-refractivity contribution in [2.24, 2.45) is 5.41 Å². The molecule has 3 nitrogen and oxygen atoms in total. The fourth-order valence-electron chi connectivity index (χ4n) is 3.80. The van der Waals surface area contributed by atoms with Gasteiger partial charge in [0.05, 0.1) is 11.7 Å². The lowest BCUT2D eigenvalue weighted by molar-refractivity contribution is 0.104. The highest BCUT2D eigenvalue weighted by Crippen LogP contribution is 2.41. The standard InChI is InChI=1S/C18H33N3/c1-6-12-19-17-16(10-9-11-18(17,4)5)21-15(8-3)13-14(7-2)20-21/h13,16-17,19H,6-12H2,1-5H3. The number of aromatic nitrogens is 2. The second kappa shape index (κ2) is 6.95. The van der Waals surface area contributed by atoms with Crippen LogP contribution in [0.4, 0.5) is 0 Å². The van der Waals surface area contributed by atoms with Gasteiger partial charge >= 0.3 is 0 Å². The predicted octanol–water partition coefficient (Wildman–Crippen LogP) is 4.13. The van der Waals surface area contributed by atoms with E-state index in [9.17, 15) is 0 Å². The normalized spacial score (nSPS) is 25.2. The first-order valence-electron chi connectivity index (χ1n) is 8.84. The quantitative estimate of drug-likeness (QED) is 0.854. The summed E-state index contributed by atoms with van der Waals surface area (Å²) >= 11 is 0. The topological polar surface area (TPSA) is 29.9 Å². The fourth-order valence-corrected chi connectivity index (χ4v) is 3.80. The predicted molar refractivity (Wildman–Crippen MR) is 89.7 cm³/mol. The molecule has 0 aliphatic heterocycles. The van der Waals surface area contributed by atoms with Crippen molar-refractivity contribution in [2.45, 2.75) is 85.2 Å². The number of nitrogens with zero attached hydrogens (tertiary/aromatic N) is 2. The molecule has 1 N–H and O–H groups in total. The van der Waals surface area contributed by atoms with E-state index in [1.54, 1.807) is 0 Å². The Balaban J connectivity index is 2.31. The molecule has 0 aromatic carbocycles. The van der Waals surface area contributed by atoms with Crippen molar-refractivity contribution < 1.29 is 0 Å². The van der Waals surface area contributed by atoms with Crippen LogP contribution in [0.5, 0.6) is 0 Å². The molecule has 1 aliphatic rings. The van der Waals surface area contributed by atoms with Gasteiger partial charge in [-0.3, -0.25) is 4.68 Å². The number of aryl methyl sites for hydroxylation is 2. The number of rotatable bonds is 6. The highest BCUT2D eigenvalue weighted by Gasteiger charge is 2.40. The van der Waals surface area contributed by atoms with E-state index < -0.39 is 0 Å². The summed E-state index contributed by atoms with van der Waals surface area (Å²) in [7, 11) is 0. The zero-order chi connectivity index (χ0) is 15.5. The Morgan fingerprint density at radius 3 is 2.67 bits per heavy atom. The third kappa shape index (κ3) is 3.50. The molecule has 120 valence electrons. The molecule has 21 heavy (non-hydrogen) atoms. The molecule has 0 radical (unpaired) electrons. The molecule has 1 aromatic heterocycles. The largest absolute Gasteiger partial charge is 0.311 e. The molecule has 0 saturated heterocycles. The van der Waals surface area contributed by atoms with E-state index in [1.165, 1.54) is 37.1 Å². The van der Waals surface area contributed by atoms with Gasteiger partial charge in [0.1, 0.15) is 0 Å². The first kappa shape index (κ1) is 16.5. The van der Waals surface area contributed by atoms with Crippen molar-refractivity contribution in [3.8, 4) is 0 Å². The molecule has 2 unspecified atom stereocenters. The number of hydrogen-bond donors (Lipinski definition) is 1. The zero-order valence-electron chi connectivity index (χ0n) is 14.6. The molecule has 0 bridgehead atoms. The SMILES string of the molecule is CCCNC1C(n2nc(CC)cc2CC)CCCC1(C)C. The Bertz CT molecular complexity index is 447. The summed E-state index contributed by atoms with van der Waals surface area (Å²) < 4.78 is 2.35. The monoisotopic (exact) mass is 291 g/mol. The Morgan fingerprint density at radius 2 is 2.05 bits per heavy atom. The smallest absolute Gasteiger partial charge is 0.0680 e. The van der Waals surface area contributed by atoms with E-state index >= 15 is 0 Å². The number of hydrogen-bond acceptors (Lipinski definition) is 2. The van der Waals surface area contributed by atoms with Crippen LogP contribution in [0.2, 0.25) is 0 Å². The fraction of sp³-hybridized carbons (Fsp3) is 0.833. The van der Waals surface area contributed by atoms with Crippen molar-refractivity contribution in [1.29, 1.82) is 0 Å². The molecule has 3 heteroatoms. The molecule has 2 rings (SSSR count). The average Bonchev–Trinajstić information content (AvgIpc) is 2.88. The first-order valence-corrected chi connectivity index (χ1v) is 8.84. The Morgan fingerprint density at radius 1 is 1.29 bits per heavy atom. The lowest BCUT2D eigenvalue weighted by atomic mass is 9.70. The highest BCUT2D eigenvalue weighted by molar-refractivity contribution is 5.13. The van der Waals surface area contributed by atoms with Crippen LogP contribution in [0.3, 0.4) is 0 Å². The summed E-state index contributed by atoms with van der Waals surface area (Å²) in [5.74, 6) is 0. The molecule has 1 heterocycles. The third-order valence-corrected chi connectivity index (χ3v) is 5.06. The van der Waals surface area contributed by atoms with E-state index in [0.29, 0.717) is 17.5 Å². The van der Waals surface area contributed by atoms with Gasteiger partial charge in [0.25, 0.3) is 0 Å². The van der Waals surface area contributed by atoms with Gasteiger partial charge in [-0.2, -0.15) is 5.10 Å². The summed E-state index contributed by atoms with van der Waals surface area (Å²) in [5, 5.41) is 8.75. The van der Waals surface area contributed by atoms with Gasteiger partial charge in [-0.15, -0.1) is 0 Å². The van der Waals surface area contributed by atoms with Crippen molar-refractivity contribution in [3.63, 3.8) is 0 Å². The molecule has 0 amide bonds. The van der Waals surface area contributed by atoms with Crippen molar-refractivity contribution in [2.75, 3.05) is 6.54 Å². The second-order valence-electron chi connectivity index (χ2n) is 7.16. The lowest BCUT2D eigenvalue weighted by Gasteiger charge is -2.45. The minimum Gasteiger partial charge on any atom is -0.311 e. The summed E-state index contributed by atoms with van der Waals surface area (Å²) in [4.78, 5) is 0. The van der Waals surface area contributed by atoms with E-state index in [2.05, 4.69) is 50.7 Å². The van der Waals surface area contributed by atoms with Gasteiger partial charge in [0.2, 0.25) is 0 Å². The summed E-state index contributed by atoms with van der Waals surface area (Å²) in [6.45, 7) is 12.6. The third-order valence-electron chi connectivity index (χ3n) is 5.06. The Hall–Kier alpha value is -0.830. The van der Waals surface area contributed by atoms with Crippen LogP contribution in [0.25, 0.3) is 0 Å². The van der Waals surface area contributed by atoms with Crippen molar-refractivity contribution in [1.82, 2.24) is 15.1 Å². The minimum atomic E-state index is 0.349. The minimum absolute atomic E-state index is 0.349. The first-order chi connectivity index (χ1) is 10.0. The van der Waals surface area contributed by atoms with Crippen LogP contribution in [-0.2, 0) is 12.8 Å². The van der Waals surface area contributed by atoms with Gasteiger partial charge in [0, 0.05) is 11.7 Å². The van der Waals surface area contributed by atoms with Gasteiger partial charge in [-0.05, 0) is 50.1 Å². The molecule has 2 atom stereocenters. The van der Waals surface area contributed by atoms with E-state index in [-0.39, 0.29) is 0 Å². The summed E-state index contributed by atoms with van der Waals surface area (Å²) in [6.07, 6.45) is 7.18. The van der Waals surface area contributed by atoms with E-state index in [0.717, 1.165) is 19.4 Å². The maximum Gasteiger partial charge on any atom is 0.0680 e.